The van der Waals surface area contributed by atoms with Crippen LogP contribution in [0.5, 0.6) is 11.5 Å². The highest BCUT2D eigenvalue weighted by Crippen LogP contribution is 2.29. The first-order valence-corrected chi connectivity index (χ1v) is 9.47. The van der Waals surface area contributed by atoms with Crippen molar-refractivity contribution in [3.8, 4) is 11.5 Å². The first kappa shape index (κ1) is 19.9. The molecule has 0 spiro atoms. The zero-order valence-corrected chi connectivity index (χ0v) is 16.6. The molecule has 0 radical (unpaired) electrons. The van der Waals surface area contributed by atoms with Gasteiger partial charge in [0.25, 0.3) is 11.5 Å². The Balaban J connectivity index is 1.87. The fourth-order valence-electron chi connectivity index (χ4n) is 3.54. The summed E-state index contributed by atoms with van der Waals surface area (Å²) in [5.41, 5.74) is 0.973. The Hall–Kier alpha value is -2.80. The predicted molar refractivity (Wildman–Crippen MR) is 109 cm³/mol. The highest BCUT2D eigenvalue weighted by Gasteiger charge is 2.20. The Labute approximate surface area is 164 Å². The summed E-state index contributed by atoms with van der Waals surface area (Å²) in [7, 11) is 3.07. The molecule has 1 aliphatic heterocycles. The summed E-state index contributed by atoms with van der Waals surface area (Å²) < 4.78 is 12.2. The van der Waals surface area contributed by atoms with Gasteiger partial charge in [0, 0.05) is 18.8 Å². The molecular weight excluding hydrogens is 358 g/mol. The van der Waals surface area contributed by atoms with Gasteiger partial charge < -0.3 is 24.7 Å². The molecule has 2 N–H and O–H groups in total. The molecule has 0 bridgehead atoms. The highest BCUT2D eigenvalue weighted by molar-refractivity contribution is 6.05. The van der Waals surface area contributed by atoms with Gasteiger partial charge in [-0.15, -0.1) is 0 Å². The normalized spacial score (nSPS) is 16.5. The molecule has 1 fully saturated rings. The van der Waals surface area contributed by atoms with Gasteiger partial charge in [0.2, 0.25) is 0 Å². The number of aryl methyl sites for hydroxylation is 1. The third-order valence-corrected chi connectivity index (χ3v) is 5.11. The standard InChI is InChI=1S/C21H27N3O4/c1-14-8-10-24(13-15-5-4-9-22-12-15)21(26)19(14)20(25)23-17-11-16(27-2)6-7-18(17)28-3/h6-8,10-11,15,22H,4-5,9,12-13H2,1-3H3,(H,23,25). The van der Waals surface area contributed by atoms with Crippen LogP contribution in [0.2, 0.25) is 0 Å². The Morgan fingerprint density at radius 2 is 2.11 bits per heavy atom. The molecule has 1 aromatic carbocycles. The molecule has 2 aromatic rings. The average Bonchev–Trinajstić information content (AvgIpc) is 2.71. The number of pyridine rings is 1. The van der Waals surface area contributed by atoms with Crippen molar-refractivity contribution >= 4 is 11.6 Å². The lowest BCUT2D eigenvalue weighted by Crippen LogP contribution is -2.36. The van der Waals surface area contributed by atoms with E-state index >= 15 is 0 Å². The minimum atomic E-state index is -0.454. The van der Waals surface area contributed by atoms with E-state index in [9.17, 15) is 9.59 Å². The molecule has 1 saturated heterocycles. The Bertz CT molecular complexity index is 901. The van der Waals surface area contributed by atoms with Crippen LogP contribution >= 0.6 is 0 Å². The molecule has 1 atom stereocenters. The van der Waals surface area contributed by atoms with Gasteiger partial charge in [0.15, 0.2) is 0 Å². The number of methoxy groups -OCH3 is 2. The third-order valence-electron chi connectivity index (χ3n) is 5.11. The number of carbonyl (C=O) groups excluding carboxylic acids is 1. The van der Waals surface area contributed by atoms with Crippen molar-refractivity contribution in [2.45, 2.75) is 26.3 Å². The molecule has 7 nitrogen and oxygen atoms in total. The first-order valence-electron chi connectivity index (χ1n) is 9.47. The number of nitrogens with zero attached hydrogens (tertiary/aromatic N) is 1. The Morgan fingerprint density at radius 3 is 2.79 bits per heavy atom. The third kappa shape index (κ3) is 4.36. The van der Waals surface area contributed by atoms with Gasteiger partial charge in [-0.1, -0.05) is 0 Å². The molecule has 2 heterocycles. The Kier molecular flexibility index (Phi) is 6.36. The van der Waals surface area contributed by atoms with Crippen molar-refractivity contribution in [2.75, 3.05) is 32.6 Å². The summed E-state index contributed by atoms with van der Waals surface area (Å²) in [5, 5.41) is 6.15. The van der Waals surface area contributed by atoms with Gasteiger partial charge >= 0.3 is 0 Å². The maximum atomic E-state index is 13.0. The minimum absolute atomic E-state index is 0.149. The molecule has 28 heavy (non-hydrogen) atoms. The van der Waals surface area contributed by atoms with Crippen molar-refractivity contribution in [1.29, 1.82) is 0 Å². The second-order valence-corrected chi connectivity index (χ2v) is 7.06. The zero-order valence-electron chi connectivity index (χ0n) is 16.6. The maximum absolute atomic E-state index is 13.0. The van der Waals surface area contributed by atoms with Crippen LogP contribution in [0, 0.1) is 12.8 Å². The molecule has 7 heteroatoms. The van der Waals surface area contributed by atoms with E-state index < -0.39 is 5.91 Å². The van der Waals surface area contributed by atoms with Crippen molar-refractivity contribution < 1.29 is 14.3 Å². The summed E-state index contributed by atoms with van der Waals surface area (Å²) in [6, 6.07) is 6.94. The van der Waals surface area contributed by atoms with Crippen LogP contribution in [0.25, 0.3) is 0 Å². The van der Waals surface area contributed by atoms with Crippen molar-refractivity contribution in [3.63, 3.8) is 0 Å². The molecule has 150 valence electrons. The van der Waals surface area contributed by atoms with Gasteiger partial charge in [-0.3, -0.25) is 9.59 Å². The number of carbonyl (C=O) groups is 1. The smallest absolute Gasteiger partial charge is 0.263 e. The van der Waals surface area contributed by atoms with E-state index in [0.29, 0.717) is 35.2 Å². The molecule has 0 saturated carbocycles. The SMILES string of the molecule is COc1ccc(OC)c(NC(=O)c2c(C)ccn(CC3CCCNC3)c2=O)c1. The number of nitrogens with one attached hydrogen (secondary N) is 2. The molecule has 0 aliphatic carbocycles. The van der Waals surface area contributed by atoms with E-state index in [0.717, 1.165) is 25.9 Å². The predicted octanol–water partition coefficient (Wildman–Crippen LogP) is 2.43. The minimum Gasteiger partial charge on any atom is -0.497 e. The summed E-state index contributed by atoms with van der Waals surface area (Å²) in [5.74, 6) is 1.02. The summed E-state index contributed by atoms with van der Waals surface area (Å²) >= 11 is 0. The van der Waals surface area contributed by atoms with Gasteiger partial charge in [-0.2, -0.15) is 0 Å². The number of anilines is 1. The molecule has 1 amide bonds. The maximum Gasteiger partial charge on any atom is 0.263 e. The van der Waals surface area contributed by atoms with E-state index in [1.165, 1.54) is 7.11 Å². The van der Waals surface area contributed by atoms with E-state index in [-0.39, 0.29) is 11.1 Å². The van der Waals surface area contributed by atoms with Crippen molar-refractivity contribution in [2.24, 2.45) is 5.92 Å². The fraction of sp³-hybridized carbons (Fsp3) is 0.429. The second-order valence-electron chi connectivity index (χ2n) is 7.06. The average molecular weight is 385 g/mol. The van der Waals surface area contributed by atoms with E-state index in [2.05, 4.69) is 10.6 Å². The van der Waals surface area contributed by atoms with E-state index in [4.69, 9.17) is 9.47 Å². The monoisotopic (exact) mass is 385 g/mol. The van der Waals surface area contributed by atoms with Crippen LogP contribution in [0.15, 0.2) is 35.3 Å². The topological polar surface area (TPSA) is 81.6 Å². The molecule has 1 aliphatic rings. The highest BCUT2D eigenvalue weighted by atomic mass is 16.5. The first-order chi connectivity index (χ1) is 13.5. The zero-order chi connectivity index (χ0) is 20.1. The molecule has 3 rings (SSSR count). The summed E-state index contributed by atoms with van der Waals surface area (Å²) in [4.78, 5) is 25.9. The number of rotatable bonds is 6. The van der Waals surface area contributed by atoms with Gasteiger partial charge in [-0.05, 0) is 62.5 Å². The molecular formula is C21H27N3O4. The number of ether oxygens (including phenoxy) is 2. The lowest BCUT2D eigenvalue weighted by molar-refractivity contribution is 0.102. The second kappa shape index (κ2) is 8.93. The molecule has 1 unspecified atom stereocenters. The fourth-order valence-corrected chi connectivity index (χ4v) is 3.54. The van der Waals surface area contributed by atoms with Crippen LogP contribution in [-0.4, -0.2) is 37.8 Å². The largest absolute Gasteiger partial charge is 0.497 e. The van der Waals surface area contributed by atoms with Crippen molar-refractivity contribution in [1.82, 2.24) is 9.88 Å². The number of hydrogen-bond donors (Lipinski definition) is 2. The van der Waals surface area contributed by atoms with Crippen LogP contribution < -0.4 is 25.7 Å². The summed E-state index contributed by atoms with van der Waals surface area (Å²) in [6.45, 7) is 4.29. The van der Waals surface area contributed by atoms with Crippen LogP contribution in [0.4, 0.5) is 5.69 Å². The van der Waals surface area contributed by atoms with Crippen LogP contribution in [0.3, 0.4) is 0 Å². The number of piperidine rings is 1. The quantitative estimate of drug-likeness (QED) is 0.798. The van der Waals surface area contributed by atoms with Crippen LogP contribution in [-0.2, 0) is 6.54 Å². The number of aromatic nitrogens is 1. The van der Waals surface area contributed by atoms with Crippen molar-refractivity contribution in [3.05, 3.63) is 51.9 Å². The van der Waals surface area contributed by atoms with Crippen LogP contribution in [0.1, 0.15) is 28.8 Å². The van der Waals surface area contributed by atoms with Gasteiger partial charge in [-0.25, -0.2) is 0 Å². The Morgan fingerprint density at radius 1 is 1.29 bits per heavy atom. The lowest BCUT2D eigenvalue weighted by atomic mass is 9.99. The number of benzene rings is 1. The summed E-state index contributed by atoms with van der Waals surface area (Å²) in [6.07, 6.45) is 3.96. The molecule has 1 aromatic heterocycles. The number of hydrogen-bond acceptors (Lipinski definition) is 5. The van der Waals surface area contributed by atoms with Gasteiger partial charge in [0.05, 0.1) is 19.9 Å². The number of amides is 1. The van der Waals surface area contributed by atoms with Gasteiger partial charge in [0.1, 0.15) is 17.1 Å². The van der Waals surface area contributed by atoms with E-state index in [1.807, 2.05) is 6.07 Å². The van der Waals surface area contributed by atoms with E-state index in [1.54, 1.807) is 43.0 Å². The lowest BCUT2D eigenvalue weighted by Gasteiger charge is -2.23.